The van der Waals surface area contributed by atoms with Crippen molar-refractivity contribution in [2.45, 2.75) is 65.7 Å². The molecule has 0 spiro atoms. The number of nitrogens with one attached hydrogen (secondary N) is 1. The standard InChI is InChI=1S/C19H30N4O/c1-5-6-7-8-9-10-11-12-20-19(24)17-13-16-15(3)22-23(4)18(16)21-14(17)2/h13H,5-12H2,1-4H3,(H,20,24). The fraction of sp³-hybridized carbons (Fsp3) is 0.632. The zero-order valence-corrected chi connectivity index (χ0v) is 15.5. The van der Waals surface area contributed by atoms with Gasteiger partial charge in [0.15, 0.2) is 5.65 Å². The van der Waals surface area contributed by atoms with Crippen LogP contribution in [0.4, 0.5) is 0 Å². The number of pyridine rings is 1. The van der Waals surface area contributed by atoms with Crippen molar-refractivity contribution in [1.29, 1.82) is 0 Å². The number of hydrogen-bond donors (Lipinski definition) is 1. The molecule has 0 aliphatic heterocycles. The third kappa shape index (κ3) is 4.56. The first-order valence-corrected chi connectivity index (χ1v) is 9.13. The molecular formula is C19H30N4O. The molecule has 0 atom stereocenters. The summed E-state index contributed by atoms with van der Waals surface area (Å²) in [7, 11) is 1.88. The number of aromatic nitrogens is 3. The van der Waals surface area contributed by atoms with Crippen molar-refractivity contribution in [3.8, 4) is 0 Å². The highest BCUT2D eigenvalue weighted by molar-refractivity contribution is 5.98. The number of nitrogens with zero attached hydrogens (tertiary/aromatic N) is 3. The summed E-state index contributed by atoms with van der Waals surface area (Å²) in [5.41, 5.74) is 3.14. The number of fused-ring (bicyclic) bond motifs is 1. The quantitative estimate of drug-likeness (QED) is 0.705. The van der Waals surface area contributed by atoms with Crippen LogP contribution in [0.25, 0.3) is 11.0 Å². The molecule has 0 unspecified atom stereocenters. The van der Waals surface area contributed by atoms with E-state index in [-0.39, 0.29) is 5.91 Å². The van der Waals surface area contributed by atoms with Crippen LogP contribution in [0, 0.1) is 13.8 Å². The van der Waals surface area contributed by atoms with Gasteiger partial charge < -0.3 is 5.32 Å². The lowest BCUT2D eigenvalue weighted by atomic mass is 10.1. The highest BCUT2D eigenvalue weighted by Gasteiger charge is 2.14. The molecule has 0 saturated heterocycles. The van der Waals surface area contributed by atoms with Crippen LogP contribution >= 0.6 is 0 Å². The fourth-order valence-electron chi connectivity index (χ4n) is 3.04. The third-order valence-electron chi connectivity index (χ3n) is 4.50. The topological polar surface area (TPSA) is 59.8 Å². The maximum Gasteiger partial charge on any atom is 0.253 e. The molecule has 2 rings (SSSR count). The zero-order valence-electron chi connectivity index (χ0n) is 15.5. The summed E-state index contributed by atoms with van der Waals surface area (Å²) >= 11 is 0. The van der Waals surface area contributed by atoms with Gasteiger partial charge in [0.2, 0.25) is 0 Å². The van der Waals surface area contributed by atoms with Gasteiger partial charge in [0.05, 0.1) is 17.0 Å². The van der Waals surface area contributed by atoms with Gasteiger partial charge in [-0.2, -0.15) is 5.10 Å². The highest BCUT2D eigenvalue weighted by Crippen LogP contribution is 2.19. The van der Waals surface area contributed by atoms with E-state index in [4.69, 9.17) is 0 Å². The Kier molecular flexibility index (Phi) is 6.76. The minimum atomic E-state index is -0.0314. The Hall–Kier alpha value is -1.91. The second-order valence-electron chi connectivity index (χ2n) is 6.58. The van der Waals surface area contributed by atoms with Crippen LogP contribution in [-0.2, 0) is 7.05 Å². The van der Waals surface area contributed by atoms with Crippen LogP contribution in [0.3, 0.4) is 0 Å². The van der Waals surface area contributed by atoms with E-state index in [1.54, 1.807) is 4.68 Å². The van der Waals surface area contributed by atoms with Crippen molar-refractivity contribution in [3.63, 3.8) is 0 Å². The Morgan fingerprint density at radius 2 is 1.75 bits per heavy atom. The molecule has 24 heavy (non-hydrogen) atoms. The van der Waals surface area contributed by atoms with Crippen LogP contribution < -0.4 is 5.32 Å². The van der Waals surface area contributed by atoms with E-state index in [0.717, 1.165) is 35.4 Å². The largest absolute Gasteiger partial charge is 0.352 e. The van der Waals surface area contributed by atoms with Crippen LogP contribution in [-0.4, -0.2) is 27.2 Å². The molecule has 0 aliphatic carbocycles. The van der Waals surface area contributed by atoms with Gasteiger partial charge in [0.25, 0.3) is 5.91 Å². The van der Waals surface area contributed by atoms with E-state index >= 15 is 0 Å². The molecule has 5 heteroatoms. The molecule has 0 radical (unpaired) electrons. The summed E-state index contributed by atoms with van der Waals surface area (Å²) in [4.78, 5) is 17.0. The minimum absolute atomic E-state index is 0.0314. The first-order chi connectivity index (χ1) is 11.5. The number of unbranched alkanes of at least 4 members (excludes halogenated alkanes) is 6. The summed E-state index contributed by atoms with van der Waals surface area (Å²) in [6, 6.07) is 1.92. The van der Waals surface area contributed by atoms with Gasteiger partial charge >= 0.3 is 0 Å². The Morgan fingerprint density at radius 1 is 1.08 bits per heavy atom. The van der Waals surface area contributed by atoms with Gasteiger partial charge in [-0.25, -0.2) is 4.98 Å². The average Bonchev–Trinajstić information content (AvgIpc) is 2.83. The number of rotatable bonds is 9. The fourth-order valence-corrected chi connectivity index (χ4v) is 3.04. The molecule has 0 bridgehead atoms. The second kappa shape index (κ2) is 8.81. The monoisotopic (exact) mass is 330 g/mol. The lowest BCUT2D eigenvalue weighted by molar-refractivity contribution is 0.0952. The zero-order chi connectivity index (χ0) is 17.5. The molecule has 2 aromatic heterocycles. The number of amides is 1. The van der Waals surface area contributed by atoms with Crippen LogP contribution in [0.15, 0.2) is 6.07 Å². The van der Waals surface area contributed by atoms with Crippen LogP contribution in [0.1, 0.15) is 73.6 Å². The van der Waals surface area contributed by atoms with Crippen molar-refractivity contribution >= 4 is 16.9 Å². The molecular weight excluding hydrogens is 300 g/mol. The predicted molar refractivity (Wildman–Crippen MR) is 98.3 cm³/mol. The van der Waals surface area contributed by atoms with E-state index in [2.05, 4.69) is 22.3 Å². The van der Waals surface area contributed by atoms with E-state index in [9.17, 15) is 4.79 Å². The van der Waals surface area contributed by atoms with Crippen molar-refractivity contribution in [3.05, 3.63) is 23.0 Å². The van der Waals surface area contributed by atoms with Crippen LogP contribution in [0.2, 0.25) is 0 Å². The molecule has 2 heterocycles. The summed E-state index contributed by atoms with van der Waals surface area (Å²) < 4.78 is 1.76. The van der Waals surface area contributed by atoms with E-state index in [1.807, 2.05) is 27.0 Å². The number of hydrogen-bond acceptors (Lipinski definition) is 3. The normalized spacial score (nSPS) is 11.2. The molecule has 0 fully saturated rings. The SMILES string of the molecule is CCCCCCCCCNC(=O)c1cc2c(C)nn(C)c2nc1C. The van der Waals surface area contributed by atoms with Gasteiger partial charge in [-0.1, -0.05) is 45.4 Å². The van der Waals surface area contributed by atoms with Crippen molar-refractivity contribution in [2.24, 2.45) is 7.05 Å². The first kappa shape index (κ1) is 18.4. The van der Waals surface area contributed by atoms with Crippen molar-refractivity contribution < 1.29 is 4.79 Å². The molecule has 2 aromatic rings. The second-order valence-corrected chi connectivity index (χ2v) is 6.58. The van der Waals surface area contributed by atoms with E-state index in [0.29, 0.717) is 5.56 Å². The van der Waals surface area contributed by atoms with Gasteiger partial charge in [0, 0.05) is 19.0 Å². The summed E-state index contributed by atoms with van der Waals surface area (Å²) in [6.45, 7) is 6.79. The molecule has 0 saturated carbocycles. The Labute approximate surface area is 144 Å². The van der Waals surface area contributed by atoms with Gasteiger partial charge in [-0.15, -0.1) is 0 Å². The minimum Gasteiger partial charge on any atom is -0.352 e. The van der Waals surface area contributed by atoms with Crippen molar-refractivity contribution in [1.82, 2.24) is 20.1 Å². The lowest BCUT2D eigenvalue weighted by Crippen LogP contribution is -2.25. The first-order valence-electron chi connectivity index (χ1n) is 9.13. The molecule has 0 aliphatic rings. The van der Waals surface area contributed by atoms with Gasteiger partial charge in [0.1, 0.15) is 0 Å². The predicted octanol–water partition coefficient (Wildman–Crippen LogP) is 4.07. The van der Waals surface area contributed by atoms with E-state index in [1.165, 1.54) is 38.5 Å². The summed E-state index contributed by atoms with van der Waals surface area (Å²) in [5.74, 6) is -0.0314. The highest BCUT2D eigenvalue weighted by atomic mass is 16.1. The molecule has 1 N–H and O–H groups in total. The molecule has 5 nitrogen and oxygen atoms in total. The molecule has 1 amide bonds. The number of aryl methyl sites for hydroxylation is 3. The Bertz CT molecular complexity index is 690. The molecule has 0 aromatic carbocycles. The summed E-state index contributed by atoms with van der Waals surface area (Å²) in [6.07, 6.45) is 8.74. The van der Waals surface area contributed by atoms with Gasteiger partial charge in [-0.05, 0) is 26.3 Å². The maximum atomic E-state index is 12.4. The average molecular weight is 330 g/mol. The Morgan fingerprint density at radius 3 is 2.46 bits per heavy atom. The van der Waals surface area contributed by atoms with Gasteiger partial charge in [-0.3, -0.25) is 9.48 Å². The van der Waals surface area contributed by atoms with Crippen LogP contribution in [0.5, 0.6) is 0 Å². The third-order valence-corrected chi connectivity index (χ3v) is 4.50. The lowest BCUT2D eigenvalue weighted by Gasteiger charge is -2.08. The van der Waals surface area contributed by atoms with Crippen molar-refractivity contribution in [2.75, 3.05) is 6.54 Å². The van der Waals surface area contributed by atoms with E-state index < -0.39 is 0 Å². The summed E-state index contributed by atoms with van der Waals surface area (Å²) in [5, 5.41) is 8.35. The smallest absolute Gasteiger partial charge is 0.253 e. The maximum absolute atomic E-state index is 12.4. The Balaban J connectivity index is 1.85. The number of carbonyl (C=O) groups is 1. The number of carbonyl (C=O) groups excluding carboxylic acids is 1. The molecule has 132 valence electrons.